The molecule has 1 aliphatic rings. The minimum absolute atomic E-state index is 0.248. The Balaban J connectivity index is 1.69. The number of anilines is 3. The van der Waals surface area contributed by atoms with E-state index in [2.05, 4.69) is 41.7 Å². The molecule has 0 bridgehead atoms. The smallest absolute Gasteiger partial charge is 0.343 e. The van der Waals surface area contributed by atoms with Crippen molar-refractivity contribution < 1.29 is 26.3 Å². The third-order valence-corrected chi connectivity index (χ3v) is 4.96. The average Bonchev–Trinajstić information content (AvgIpc) is 3.43. The van der Waals surface area contributed by atoms with Crippen LogP contribution in [0.5, 0.6) is 0 Å². The van der Waals surface area contributed by atoms with Gasteiger partial charge in [-0.2, -0.15) is 38.5 Å². The highest BCUT2D eigenvalue weighted by atomic mass is 19.4. The summed E-state index contributed by atoms with van der Waals surface area (Å²) in [6.45, 7) is -1.45. The van der Waals surface area contributed by atoms with Gasteiger partial charge < -0.3 is 10.6 Å². The summed E-state index contributed by atoms with van der Waals surface area (Å²) < 4.78 is 78.5. The van der Waals surface area contributed by atoms with Gasteiger partial charge in [0.25, 0.3) is 12.4 Å². The maximum absolute atomic E-state index is 13.0. The number of halogens is 6. The first-order chi connectivity index (χ1) is 16.1. The number of nitrogens with zero attached hydrogens (tertiary/aromatic N) is 7. The highest BCUT2D eigenvalue weighted by Crippen LogP contribution is 2.47. The Bertz CT molecular complexity index is 1220. The van der Waals surface area contributed by atoms with Crippen LogP contribution in [0.25, 0.3) is 5.95 Å². The molecule has 3 aromatic heterocycles. The summed E-state index contributed by atoms with van der Waals surface area (Å²) in [7, 11) is 0. The van der Waals surface area contributed by atoms with E-state index in [0.29, 0.717) is 35.0 Å². The van der Waals surface area contributed by atoms with Crippen molar-refractivity contribution in [3.05, 3.63) is 42.0 Å². The molecule has 0 spiro atoms. The maximum Gasteiger partial charge on any atom is 0.435 e. The summed E-state index contributed by atoms with van der Waals surface area (Å²) >= 11 is 0. The second-order valence-electron chi connectivity index (χ2n) is 7.41. The molecule has 3 aromatic rings. The Morgan fingerprint density at radius 3 is 2.47 bits per heavy atom. The minimum atomic E-state index is -4.73. The van der Waals surface area contributed by atoms with Crippen LogP contribution in [0, 0.1) is 11.3 Å². The first kappa shape index (κ1) is 23.2. The van der Waals surface area contributed by atoms with Gasteiger partial charge in [-0.3, -0.25) is 4.98 Å². The van der Waals surface area contributed by atoms with E-state index in [1.54, 1.807) is 6.07 Å². The van der Waals surface area contributed by atoms with Crippen LogP contribution >= 0.6 is 0 Å². The van der Waals surface area contributed by atoms with Crippen LogP contribution in [-0.4, -0.2) is 48.9 Å². The van der Waals surface area contributed by atoms with E-state index in [9.17, 15) is 31.6 Å². The average molecular weight is 483 g/mol. The Kier molecular flexibility index (Phi) is 5.98. The fraction of sp³-hybridized carbons (Fsp3) is 0.368. The van der Waals surface area contributed by atoms with E-state index in [-0.39, 0.29) is 5.95 Å². The Labute approximate surface area is 187 Å². The minimum Gasteiger partial charge on any atom is -0.343 e. The summed E-state index contributed by atoms with van der Waals surface area (Å²) in [4.78, 5) is 15.9. The lowest BCUT2D eigenvalue weighted by molar-refractivity contribution is -0.141. The SMILES string of the molecule is N#CC1(c2cc(Nc3nc(NC(CF)C(F)F)nc(-n4ccc(C(F)(F)F)n4)n3)ccn2)CC1. The molecule has 1 atom stereocenters. The second-order valence-corrected chi connectivity index (χ2v) is 7.41. The third-order valence-electron chi connectivity index (χ3n) is 4.96. The number of nitriles is 1. The Morgan fingerprint density at radius 1 is 1.15 bits per heavy atom. The highest BCUT2D eigenvalue weighted by molar-refractivity contribution is 5.56. The first-order valence-corrected chi connectivity index (χ1v) is 9.78. The van der Waals surface area contributed by atoms with Gasteiger partial charge in [-0.05, 0) is 31.0 Å². The van der Waals surface area contributed by atoms with Gasteiger partial charge >= 0.3 is 6.18 Å². The number of rotatable bonds is 8. The predicted molar refractivity (Wildman–Crippen MR) is 105 cm³/mol. The van der Waals surface area contributed by atoms with Crippen LogP contribution in [0.2, 0.25) is 0 Å². The van der Waals surface area contributed by atoms with Crippen molar-refractivity contribution >= 4 is 17.6 Å². The molecule has 1 unspecified atom stereocenters. The Hall–Kier alpha value is -3.96. The molecule has 178 valence electrons. The van der Waals surface area contributed by atoms with Gasteiger partial charge in [-0.15, -0.1) is 0 Å². The molecule has 34 heavy (non-hydrogen) atoms. The molecule has 2 N–H and O–H groups in total. The summed E-state index contributed by atoms with van der Waals surface area (Å²) in [6.07, 6.45) is -4.18. The lowest BCUT2D eigenvalue weighted by Crippen LogP contribution is -2.31. The molecule has 0 aromatic carbocycles. The van der Waals surface area contributed by atoms with Crippen molar-refractivity contribution in [2.75, 3.05) is 17.3 Å². The van der Waals surface area contributed by atoms with E-state index in [0.717, 1.165) is 6.20 Å². The lowest BCUT2D eigenvalue weighted by Gasteiger charge is -2.16. The van der Waals surface area contributed by atoms with Crippen LogP contribution in [0.4, 0.5) is 43.9 Å². The molecule has 0 radical (unpaired) electrons. The molecular formula is C19H15F6N9. The van der Waals surface area contributed by atoms with Gasteiger partial charge in [0, 0.05) is 18.1 Å². The zero-order valence-corrected chi connectivity index (χ0v) is 17.1. The largest absolute Gasteiger partial charge is 0.435 e. The second kappa shape index (κ2) is 8.76. The summed E-state index contributed by atoms with van der Waals surface area (Å²) in [5, 5.41) is 17.6. The van der Waals surface area contributed by atoms with Gasteiger partial charge in [0.1, 0.15) is 12.7 Å². The van der Waals surface area contributed by atoms with Gasteiger partial charge in [-0.25, -0.2) is 17.9 Å². The fourth-order valence-corrected chi connectivity index (χ4v) is 2.96. The molecule has 4 rings (SSSR count). The van der Waals surface area contributed by atoms with Gasteiger partial charge in [-0.1, -0.05) is 0 Å². The monoisotopic (exact) mass is 483 g/mol. The van der Waals surface area contributed by atoms with Gasteiger partial charge in [0.2, 0.25) is 11.9 Å². The van der Waals surface area contributed by atoms with Crippen molar-refractivity contribution in [1.82, 2.24) is 29.7 Å². The van der Waals surface area contributed by atoms with E-state index in [1.165, 1.54) is 12.3 Å². The van der Waals surface area contributed by atoms with Crippen molar-refractivity contribution in [3.63, 3.8) is 0 Å². The molecular weight excluding hydrogens is 468 g/mol. The van der Waals surface area contributed by atoms with E-state index in [1.807, 2.05) is 0 Å². The summed E-state index contributed by atoms with van der Waals surface area (Å²) in [6, 6.07) is 4.02. The van der Waals surface area contributed by atoms with E-state index < -0.39 is 48.3 Å². The van der Waals surface area contributed by atoms with E-state index in [4.69, 9.17) is 0 Å². The zero-order chi connectivity index (χ0) is 24.5. The topological polar surface area (TPSA) is 117 Å². The number of hydrogen-bond donors (Lipinski definition) is 2. The quantitative estimate of drug-likeness (QED) is 0.465. The Morgan fingerprint density at radius 2 is 1.88 bits per heavy atom. The normalized spacial score (nSPS) is 15.6. The molecule has 3 heterocycles. The van der Waals surface area contributed by atoms with Gasteiger partial charge in [0.15, 0.2) is 5.69 Å². The van der Waals surface area contributed by atoms with E-state index >= 15 is 0 Å². The van der Waals surface area contributed by atoms with Crippen molar-refractivity contribution in [2.24, 2.45) is 0 Å². The zero-order valence-electron chi connectivity index (χ0n) is 17.1. The molecule has 0 amide bonds. The fourth-order valence-electron chi connectivity index (χ4n) is 2.96. The van der Waals surface area contributed by atoms with Crippen LogP contribution in [0.3, 0.4) is 0 Å². The number of hydrogen-bond acceptors (Lipinski definition) is 8. The van der Waals surface area contributed by atoms with Crippen LogP contribution < -0.4 is 10.6 Å². The predicted octanol–water partition coefficient (Wildman–Crippen LogP) is 3.78. The number of aromatic nitrogens is 6. The third kappa shape index (κ3) is 4.85. The van der Waals surface area contributed by atoms with Gasteiger partial charge in [0.05, 0.1) is 17.2 Å². The highest BCUT2D eigenvalue weighted by Gasteiger charge is 2.46. The van der Waals surface area contributed by atoms with Crippen molar-refractivity contribution in [3.8, 4) is 12.0 Å². The summed E-state index contributed by atoms with van der Waals surface area (Å²) in [5.74, 6) is -1.20. The first-order valence-electron chi connectivity index (χ1n) is 9.78. The van der Waals surface area contributed by atoms with Crippen molar-refractivity contribution in [1.29, 1.82) is 5.26 Å². The molecule has 1 aliphatic carbocycles. The standard InChI is InChI=1S/C19H15F6N9/c20-8-11(14(21)22)29-16-30-15(28-10-1-5-27-13(7-10)18(9-26)3-4-18)31-17(32-16)34-6-2-12(33-34)19(23,24)25/h1-2,5-7,11,14H,3-4,8H2,(H2,27,28,29,30,31,32). The number of alkyl halides is 6. The molecule has 0 aliphatic heterocycles. The van der Waals surface area contributed by atoms with Crippen molar-refractivity contribution in [2.45, 2.75) is 36.9 Å². The lowest BCUT2D eigenvalue weighted by atomic mass is 10.0. The molecule has 9 nitrogen and oxygen atoms in total. The van der Waals surface area contributed by atoms with Crippen LogP contribution in [-0.2, 0) is 11.6 Å². The molecule has 1 fully saturated rings. The maximum atomic E-state index is 13.0. The molecule has 15 heteroatoms. The van der Waals surface area contributed by atoms with Crippen LogP contribution in [0.15, 0.2) is 30.6 Å². The van der Waals surface area contributed by atoms with Crippen LogP contribution in [0.1, 0.15) is 24.2 Å². The molecule has 1 saturated carbocycles. The number of nitrogens with one attached hydrogen (secondary N) is 2. The number of pyridine rings is 1. The molecule has 0 saturated heterocycles. The summed E-state index contributed by atoms with van der Waals surface area (Å²) in [5.41, 5.74) is -1.04.